The Morgan fingerprint density at radius 1 is 1.26 bits per heavy atom. The molecule has 2 unspecified atom stereocenters. The summed E-state index contributed by atoms with van der Waals surface area (Å²) in [6, 6.07) is 9.79. The molecule has 3 nitrogen and oxygen atoms in total. The van der Waals surface area contributed by atoms with E-state index in [1.807, 2.05) is 0 Å². The molecular formula is C16H27N3. The summed E-state index contributed by atoms with van der Waals surface area (Å²) in [7, 11) is 2.07. The predicted molar refractivity (Wildman–Crippen MR) is 81.5 cm³/mol. The molecule has 0 radical (unpaired) electrons. The first-order valence-electron chi connectivity index (χ1n) is 7.40. The highest BCUT2D eigenvalue weighted by molar-refractivity contribution is 5.28. The molecule has 0 bridgehead atoms. The molecule has 0 spiro atoms. The number of rotatable bonds is 5. The first-order chi connectivity index (χ1) is 9.22. The van der Waals surface area contributed by atoms with E-state index in [1.165, 1.54) is 30.6 Å². The summed E-state index contributed by atoms with van der Waals surface area (Å²) in [4.78, 5) is 2.60. The fourth-order valence-electron chi connectivity index (χ4n) is 2.99. The zero-order valence-corrected chi connectivity index (χ0v) is 12.4. The van der Waals surface area contributed by atoms with E-state index in [1.54, 1.807) is 0 Å². The topological polar surface area (TPSA) is 27.3 Å². The summed E-state index contributed by atoms with van der Waals surface area (Å²) in [6.45, 7) is 9.15. The first kappa shape index (κ1) is 14.5. The largest absolute Gasteiger partial charge is 0.314 e. The van der Waals surface area contributed by atoms with Gasteiger partial charge in [-0.3, -0.25) is 4.90 Å². The molecule has 3 heteroatoms. The predicted octanol–water partition coefficient (Wildman–Crippen LogP) is 1.94. The van der Waals surface area contributed by atoms with Crippen molar-refractivity contribution in [2.45, 2.75) is 32.4 Å². The van der Waals surface area contributed by atoms with Crippen LogP contribution >= 0.6 is 0 Å². The molecule has 2 N–H and O–H groups in total. The van der Waals surface area contributed by atoms with Crippen molar-refractivity contribution >= 4 is 0 Å². The molecule has 0 amide bonds. The molecule has 106 valence electrons. The molecule has 1 heterocycles. The minimum Gasteiger partial charge on any atom is -0.314 e. The van der Waals surface area contributed by atoms with E-state index in [-0.39, 0.29) is 0 Å². The van der Waals surface area contributed by atoms with E-state index in [9.17, 15) is 0 Å². The van der Waals surface area contributed by atoms with E-state index < -0.39 is 0 Å². The second-order valence-electron chi connectivity index (χ2n) is 5.57. The molecule has 0 aliphatic carbocycles. The van der Waals surface area contributed by atoms with Crippen molar-refractivity contribution in [3.8, 4) is 0 Å². The van der Waals surface area contributed by atoms with Gasteiger partial charge >= 0.3 is 0 Å². The maximum absolute atomic E-state index is 3.49. The van der Waals surface area contributed by atoms with Gasteiger partial charge in [0.15, 0.2) is 0 Å². The fourth-order valence-corrected chi connectivity index (χ4v) is 2.99. The van der Waals surface area contributed by atoms with Crippen LogP contribution in [0.3, 0.4) is 0 Å². The van der Waals surface area contributed by atoms with Crippen molar-refractivity contribution < 1.29 is 0 Å². The number of hydrogen-bond donors (Lipinski definition) is 2. The van der Waals surface area contributed by atoms with Gasteiger partial charge in [-0.05, 0) is 38.4 Å². The van der Waals surface area contributed by atoms with E-state index in [0.29, 0.717) is 12.1 Å². The lowest BCUT2D eigenvalue weighted by atomic mass is 9.95. The average Bonchev–Trinajstić information content (AvgIpc) is 2.46. The van der Waals surface area contributed by atoms with Crippen LogP contribution in [0.4, 0.5) is 0 Å². The molecule has 1 aromatic rings. The number of hydrogen-bond acceptors (Lipinski definition) is 3. The smallest absolute Gasteiger partial charge is 0.0335 e. The minimum atomic E-state index is 0.450. The highest BCUT2D eigenvalue weighted by Gasteiger charge is 2.21. The van der Waals surface area contributed by atoms with Gasteiger partial charge in [-0.1, -0.05) is 24.3 Å². The van der Waals surface area contributed by atoms with E-state index in [0.717, 1.165) is 13.1 Å². The fraction of sp³-hybridized carbons (Fsp3) is 0.625. The summed E-state index contributed by atoms with van der Waals surface area (Å²) in [5.74, 6) is 0. The molecule has 2 atom stereocenters. The Balaban J connectivity index is 2.00. The molecule has 1 saturated heterocycles. The zero-order valence-electron chi connectivity index (χ0n) is 12.4. The quantitative estimate of drug-likeness (QED) is 0.848. The van der Waals surface area contributed by atoms with Crippen LogP contribution in [-0.4, -0.2) is 44.2 Å². The molecule has 0 aromatic heterocycles. The highest BCUT2D eigenvalue weighted by atomic mass is 15.2. The Bertz CT molecular complexity index is 385. The SMILES string of the molecule is CNC(CC(C)N1CCNCC1)c1ccccc1C. The number of benzene rings is 1. The lowest BCUT2D eigenvalue weighted by Gasteiger charge is -2.35. The van der Waals surface area contributed by atoms with Gasteiger partial charge in [0, 0.05) is 38.3 Å². The molecular weight excluding hydrogens is 234 g/mol. The normalized spacial score (nSPS) is 20.2. The molecule has 1 fully saturated rings. The highest BCUT2D eigenvalue weighted by Crippen LogP contribution is 2.23. The van der Waals surface area contributed by atoms with Gasteiger partial charge in [-0.25, -0.2) is 0 Å². The third kappa shape index (κ3) is 3.78. The van der Waals surface area contributed by atoms with Crippen LogP contribution < -0.4 is 10.6 Å². The standard InChI is InChI=1S/C16H27N3/c1-13-6-4-5-7-15(13)16(17-3)12-14(2)19-10-8-18-9-11-19/h4-7,14,16-18H,8-12H2,1-3H3. The Labute approximate surface area is 117 Å². The van der Waals surface area contributed by atoms with Crippen molar-refractivity contribution in [3.05, 3.63) is 35.4 Å². The Morgan fingerprint density at radius 3 is 2.58 bits per heavy atom. The number of nitrogens with one attached hydrogen (secondary N) is 2. The van der Waals surface area contributed by atoms with Gasteiger partial charge in [0.1, 0.15) is 0 Å². The number of nitrogens with zero attached hydrogens (tertiary/aromatic N) is 1. The van der Waals surface area contributed by atoms with Crippen molar-refractivity contribution in [2.75, 3.05) is 33.2 Å². The summed E-state index contributed by atoms with van der Waals surface area (Å²) >= 11 is 0. The van der Waals surface area contributed by atoms with Gasteiger partial charge in [0.05, 0.1) is 0 Å². The van der Waals surface area contributed by atoms with E-state index in [2.05, 4.69) is 60.7 Å². The van der Waals surface area contributed by atoms with Crippen LogP contribution in [0.1, 0.15) is 30.5 Å². The number of aryl methyl sites for hydroxylation is 1. The van der Waals surface area contributed by atoms with E-state index in [4.69, 9.17) is 0 Å². The number of piperazine rings is 1. The minimum absolute atomic E-state index is 0.450. The van der Waals surface area contributed by atoms with Crippen molar-refractivity contribution in [3.63, 3.8) is 0 Å². The van der Waals surface area contributed by atoms with Crippen LogP contribution in [-0.2, 0) is 0 Å². The monoisotopic (exact) mass is 261 g/mol. The summed E-state index contributed by atoms with van der Waals surface area (Å²) in [5.41, 5.74) is 2.82. The van der Waals surface area contributed by atoms with E-state index >= 15 is 0 Å². The van der Waals surface area contributed by atoms with Gasteiger partial charge in [-0.2, -0.15) is 0 Å². The van der Waals surface area contributed by atoms with Crippen LogP contribution in [0, 0.1) is 6.92 Å². The molecule has 0 saturated carbocycles. The van der Waals surface area contributed by atoms with Gasteiger partial charge in [0.2, 0.25) is 0 Å². The first-order valence-corrected chi connectivity index (χ1v) is 7.40. The Kier molecular flexibility index (Phi) is 5.37. The van der Waals surface area contributed by atoms with Crippen molar-refractivity contribution in [2.24, 2.45) is 0 Å². The molecule has 1 aromatic carbocycles. The van der Waals surface area contributed by atoms with Crippen LogP contribution in [0.25, 0.3) is 0 Å². The lowest BCUT2D eigenvalue weighted by Crippen LogP contribution is -2.48. The van der Waals surface area contributed by atoms with Crippen LogP contribution in [0.15, 0.2) is 24.3 Å². The van der Waals surface area contributed by atoms with Crippen LogP contribution in [0.2, 0.25) is 0 Å². The second kappa shape index (κ2) is 7.04. The van der Waals surface area contributed by atoms with Crippen molar-refractivity contribution in [1.82, 2.24) is 15.5 Å². The zero-order chi connectivity index (χ0) is 13.7. The molecule has 19 heavy (non-hydrogen) atoms. The van der Waals surface area contributed by atoms with Gasteiger partial charge in [-0.15, -0.1) is 0 Å². The summed E-state index contributed by atoms with van der Waals surface area (Å²) < 4.78 is 0. The molecule has 2 rings (SSSR count). The Morgan fingerprint density at radius 2 is 1.95 bits per heavy atom. The van der Waals surface area contributed by atoms with Crippen molar-refractivity contribution in [1.29, 1.82) is 0 Å². The third-order valence-electron chi connectivity index (χ3n) is 4.26. The third-order valence-corrected chi connectivity index (χ3v) is 4.26. The second-order valence-corrected chi connectivity index (χ2v) is 5.57. The maximum Gasteiger partial charge on any atom is 0.0335 e. The average molecular weight is 261 g/mol. The summed E-state index contributed by atoms with van der Waals surface area (Å²) in [5, 5.41) is 6.91. The van der Waals surface area contributed by atoms with Gasteiger partial charge in [0.25, 0.3) is 0 Å². The Hall–Kier alpha value is -0.900. The summed E-state index contributed by atoms with van der Waals surface area (Å²) in [6.07, 6.45) is 1.17. The molecule has 1 aliphatic rings. The van der Waals surface area contributed by atoms with Gasteiger partial charge < -0.3 is 10.6 Å². The van der Waals surface area contributed by atoms with Crippen LogP contribution in [0.5, 0.6) is 0 Å². The maximum atomic E-state index is 3.49. The lowest BCUT2D eigenvalue weighted by molar-refractivity contribution is 0.166. The molecule has 1 aliphatic heterocycles.